The Kier molecular flexibility index (Phi) is 7.58. The number of pyridine rings is 1. The minimum Gasteiger partial charge on any atom is -0.492 e. The van der Waals surface area contributed by atoms with Crippen LogP contribution in [0.25, 0.3) is 0 Å². The van der Waals surface area contributed by atoms with E-state index >= 15 is 0 Å². The third-order valence-electron chi connectivity index (χ3n) is 2.48. The van der Waals surface area contributed by atoms with E-state index in [2.05, 4.69) is 23.3 Å². The van der Waals surface area contributed by atoms with Crippen molar-refractivity contribution in [2.75, 3.05) is 13.2 Å². The van der Waals surface area contributed by atoms with Crippen LogP contribution in [-0.4, -0.2) is 18.1 Å². The zero-order valence-corrected chi connectivity index (χ0v) is 11.0. The van der Waals surface area contributed by atoms with Crippen LogP contribution in [0, 0.1) is 11.3 Å². The summed E-state index contributed by atoms with van der Waals surface area (Å²) in [6.45, 7) is 4.61. The molecule has 1 rings (SSSR count). The smallest absolute Gasteiger partial charge is 0.137 e. The Morgan fingerprint density at radius 1 is 1.39 bits per heavy atom. The summed E-state index contributed by atoms with van der Waals surface area (Å²) in [6, 6.07) is 6.05. The molecule has 0 spiro atoms. The molecule has 18 heavy (non-hydrogen) atoms. The topological polar surface area (TPSA) is 57.9 Å². The minimum absolute atomic E-state index is 0.601. The van der Waals surface area contributed by atoms with Gasteiger partial charge in [0.25, 0.3) is 0 Å². The van der Waals surface area contributed by atoms with Crippen molar-refractivity contribution in [1.82, 2.24) is 10.3 Å². The molecule has 0 saturated heterocycles. The summed E-state index contributed by atoms with van der Waals surface area (Å²) in [6.07, 6.45) is 5.29. The summed E-state index contributed by atoms with van der Waals surface area (Å²) < 4.78 is 5.54. The van der Waals surface area contributed by atoms with Gasteiger partial charge < -0.3 is 10.1 Å². The first-order valence-electron chi connectivity index (χ1n) is 6.52. The number of hydrogen-bond donors (Lipinski definition) is 1. The van der Waals surface area contributed by atoms with Gasteiger partial charge in [0.1, 0.15) is 5.75 Å². The Bertz CT molecular complexity index is 356. The Morgan fingerprint density at radius 2 is 2.28 bits per heavy atom. The lowest BCUT2D eigenvalue weighted by Gasteiger charge is -2.06. The quantitative estimate of drug-likeness (QED) is 0.681. The van der Waals surface area contributed by atoms with Crippen LogP contribution in [0.4, 0.5) is 0 Å². The Labute approximate surface area is 109 Å². The van der Waals surface area contributed by atoms with Gasteiger partial charge in [0.15, 0.2) is 0 Å². The van der Waals surface area contributed by atoms with Gasteiger partial charge in [0.05, 0.1) is 24.6 Å². The van der Waals surface area contributed by atoms with Crippen molar-refractivity contribution in [1.29, 1.82) is 5.26 Å². The highest BCUT2D eigenvalue weighted by Gasteiger charge is 1.97. The van der Waals surface area contributed by atoms with Gasteiger partial charge in [-0.2, -0.15) is 5.26 Å². The number of rotatable bonds is 9. The van der Waals surface area contributed by atoms with Gasteiger partial charge in [-0.05, 0) is 37.9 Å². The molecule has 0 radical (unpaired) electrons. The van der Waals surface area contributed by atoms with Gasteiger partial charge in [-0.15, -0.1) is 0 Å². The largest absolute Gasteiger partial charge is 0.492 e. The van der Waals surface area contributed by atoms with Crippen molar-refractivity contribution in [3.05, 3.63) is 24.0 Å². The van der Waals surface area contributed by atoms with E-state index in [4.69, 9.17) is 10.00 Å². The number of aromatic nitrogens is 1. The van der Waals surface area contributed by atoms with Crippen LogP contribution >= 0.6 is 0 Å². The van der Waals surface area contributed by atoms with Gasteiger partial charge in [0, 0.05) is 13.0 Å². The third kappa shape index (κ3) is 6.21. The highest BCUT2D eigenvalue weighted by molar-refractivity contribution is 5.19. The number of nitrogens with zero attached hydrogens (tertiary/aromatic N) is 2. The number of ether oxygens (including phenoxy) is 1. The molecule has 0 unspecified atom stereocenters. The Hall–Kier alpha value is -1.60. The van der Waals surface area contributed by atoms with Gasteiger partial charge in [-0.25, -0.2) is 0 Å². The maximum atomic E-state index is 8.40. The number of unbranched alkanes of at least 4 members (excludes halogenated alkanes) is 2. The van der Waals surface area contributed by atoms with Crippen LogP contribution in [0.2, 0.25) is 0 Å². The molecular weight excluding hydrogens is 226 g/mol. The average Bonchev–Trinajstić information content (AvgIpc) is 2.40. The second-order valence-corrected chi connectivity index (χ2v) is 4.13. The second-order valence-electron chi connectivity index (χ2n) is 4.13. The molecular formula is C14H21N3O. The van der Waals surface area contributed by atoms with Crippen molar-refractivity contribution in [2.24, 2.45) is 0 Å². The molecule has 98 valence electrons. The highest BCUT2D eigenvalue weighted by atomic mass is 16.5. The fraction of sp³-hybridized carbons (Fsp3) is 0.571. The summed E-state index contributed by atoms with van der Waals surface area (Å²) >= 11 is 0. The van der Waals surface area contributed by atoms with Crippen LogP contribution < -0.4 is 10.1 Å². The summed E-state index contributed by atoms with van der Waals surface area (Å²) in [7, 11) is 0. The van der Waals surface area contributed by atoms with Crippen molar-refractivity contribution in [3.8, 4) is 11.8 Å². The van der Waals surface area contributed by atoms with E-state index in [0.29, 0.717) is 13.0 Å². The normalized spacial score (nSPS) is 10.0. The van der Waals surface area contributed by atoms with Crippen molar-refractivity contribution in [2.45, 2.75) is 39.2 Å². The van der Waals surface area contributed by atoms with Crippen molar-refractivity contribution < 1.29 is 4.74 Å². The van der Waals surface area contributed by atoms with Crippen LogP contribution in [0.1, 0.15) is 38.3 Å². The molecule has 0 aromatic carbocycles. The first-order chi connectivity index (χ1) is 8.86. The predicted molar refractivity (Wildman–Crippen MR) is 71.2 cm³/mol. The minimum atomic E-state index is 0.601. The lowest BCUT2D eigenvalue weighted by atomic mass is 10.2. The lowest BCUT2D eigenvalue weighted by Crippen LogP contribution is -2.14. The Morgan fingerprint density at radius 3 is 2.94 bits per heavy atom. The first-order valence-corrected chi connectivity index (χ1v) is 6.52. The zero-order chi connectivity index (χ0) is 13.1. The maximum Gasteiger partial charge on any atom is 0.137 e. The molecule has 1 heterocycles. The molecule has 1 aromatic heterocycles. The molecule has 0 aliphatic rings. The molecule has 0 aliphatic carbocycles. The van der Waals surface area contributed by atoms with E-state index in [-0.39, 0.29) is 0 Å². The molecule has 4 heteroatoms. The molecule has 0 amide bonds. The summed E-state index contributed by atoms with van der Waals surface area (Å²) in [4.78, 5) is 4.33. The van der Waals surface area contributed by atoms with E-state index in [1.807, 2.05) is 12.1 Å². The van der Waals surface area contributed by atoms with E-state index in [0.717, 1.165) is 43.8 Å². The Balaban J connectivity index is 2.21. The van der Waals surface area contributed by atoms with E-state index in [9.17, 15) is 0 Å². The summed E-state index contributed by atoms with van der Waals surface area (Å²) in [5, 5.41) is 11.7. The molecule has 0 bridgehead atoms. The first kappa shape index (κ1) is 14.5. The van der Waals surface area contributed by atoms with Crippen LogP contribution in [0.15, 0.2) is 18.3 Å². The standard InChI is InChI=1S/C14H21N3O/c1-2-9-16-11-13-6-7-14(12-17-13)18-10-5-3-4-8-15/h6-7,12,16H,2-5,9-11H2,1H3. The SMILES string of the molecule is CCCNCc1ccc(OCCCCC#N)cn1. The molecule has 0 fully saturated rings. The summed E-state index contributed by atoms with van der Waals surface area (Å²) in [5.74, 6) is 0.797. The van der Waals surface area contributed by atoms with E-state index in [1.54, 1.807) is 6.20 Å². The second kappa shape index (κ2) is 9.43. The summed E-state index contributed by atoms with van der Waals surface area (Å²) in [5.41, 5.74) is 1.03. The van der Waals surface area contributed by atoms with Crippen LogP contribution in [0.3, 0.4) is 0 Å². The third-order valence-corrected chi connectivity index (χ3v) is 2.48. The molecule has 1 aromatic rings. The molecule has 0 saturated carbocycles. The van der Waals surface area contributed by atoms with Gasteiger partial charge in [-0.3, -0.25) is 4.98 Å². The average molecular weight is 247 g/mol. The van der Waals surface area contributed by atoms with E-state index < -0.39 is 0 Å². The fourth-order valence-electron chi connectivity index (χ4n) is 1.49. The lowest BCUT2D eigenvalue weighted by molar-refractivity contribution is 0.306. The fourth-order valence-corrected chi connectivity index (χ4v) is 1.49. The van der Waals surface area contributed by atoms with Crippen LogP contribution in [-0.2, 0) is 6.54 Å². The van der Waals surface area contributed by atoms with Gasteiger partial charge >= 0.3 is 0 Å². The van der Waals surface area contributed by atoms with Crippen molar-refractivity contribution in [3.63, 3.8) is 0 Å². The van der Waals surface area contributed by atoms with Crippen LogP contribution in [0.5, 0.6) is 5.75 Å². The molecule has 4 nitrogen and oxygen atoms in total. The van der Waals surface area contributed by atoms with Gasteiger partial charge in [0.2, 0.25) is 0 Å². The number of hydrogen-bond acceptors (Lipinski definition) is 4. The predicted octanol–water partition coefficient (Wildman–Crippen LogP) is 2.65. The highest BCUT2D eigenvalue weighted by Crippen LogP contribution is 2.10. The van der Waals surface area contributed by atoms with Crippen molar-refractivity contribution >= 4 is 0 Å². The number of nitriles is 1. The molecule has 0 atom stereocenters. The molecule has 0 aliphatic heterocycles. The maximum absolute atomic E-state index is 8.40. The molecule has 1 N–H and O–H groups in total. The van der Waals surface area contributed by atoms with Gasteiger partial charge in [-0.1, -0.05) is 6.92 Å². The zero-order valence-electron chi connectivity index (χ0n) is 11.0. The number of nitrogens with one attached hydrogen (secondary N) is 1. The van der Waals surface area contributed by atoms with E-state index in [1.165, 1.54) is 0 Å². The monoisotopic (exact) mass is 247 g/mol.